The molecule has 1 aliphatic heterocycles. The molecule has 1 N–H and O–H groups in total. The van der Waals surface area contributed by atoms with Crippen LogP contribution in [0.25, 0.3) is 0 Å². The molecule has 4 heteroatoms. The zero-order chi connectivity index (χ0) is 14.6. The van der Waals surface area contributed by atoms with Gasteiger partial charge < -0.3 is 10.1 Å². The van der Waals surface area contributed by atoms with E-state index >= 15 is 0 Å². The maximum atomic E-state index is 12.2. The second-order valence-electron chi connectivity index (χ2n) is 6.09. The summed E-state index contributed by atoms with van der Waals surface area (Å²) in [4.78, 5) is 12.2. The van der Waals surface area contributed by atoms with Crippen molar-refractivity contribution in [1.82, 2.24) is 5.32 Å². The first kappa shape index (κ1) is 15.4. The van der Waals surface area contributed by atoms with Gasteiger partial charge in [-0.3, -0.25) is 4.79 Å². The molecule has 1 amide bonds. The van der Waals surface area contributed by atoms with E-state index < -0.39 is 0 Å². The lowest BCUT2D eigenvalue weighted by Gasteiger charge is -2.25. The number of amides is 1. The Bertz CT molecular complexity index is 448. The summed E-state index contributed by atoms with van der Waals surface area (Å²) >= 11 is 3.45. The standard InChI is InChI=1S/C16H22BrNO2/c1-16(2,8-5-9-17)11-18-15(19)14-10-12-6-3-4-7-13(12)20-14/h3-4,6-7,14H,5,8-11H2,1-2H3,(H,18,19). The molecule has 3 nitrogen and oxygen atoms in total. The third-order valence-corrected chi connectivity index (χ3v) is 4.23. The molecule has 20 heavy (non-hydrogen) atoms. The average molecular weight is 340 g/mol. The zero-order valence-electron chi connectivity index (χ0n) is 12.1. The lowest BCUT2D eigenvalue weighted by molar-refractivity contribution is -0.127. The highest BCUT2D eigenvalue weighted by molar-refractivity contribution is 9.09. The van der Waals surface area contributed by atoms with Crippen molar-refractivity contribution >= 4 is 21.8 Å². The number of ether oxygens (including phenoxy) is 1. The summed E-state index contributed by atoms with van der Waals surface area (Å²) in [5.74, 6) is 0.833. The Hall–Kier alpha value is -1.03. The van der Waals surface area contributed by atoms with E-state index in [2.05, 4.69) is 35.1 Å². The van der Waals surface area contributed by atoms with Gasteiger partial charge in [0.1, 0.15) is 5.75 Å². The minimum absolute atomic E-state index is 0.00637. The molecule has 0 bridgehead atoms. The molecule has 1 aliphatic rings. The van der Waals surface area contributed by atoms with Gasteiger partial charge in [-0.25, -0.2) is 0 Å². The molecule has 1 aromatic rings. The molecule has 110 valence electrons. The second-order valence-corrected chi connectivity index (χ2v) is 6.89. The molecular weight excluding hydrogens is 318 g/mol. The summed E-state index contributed by atoms with van der Waals surface area (Å²) in [6, 6.07) is 7.85. The van der Waals surface area contributed by atoms with Crippen molar-refractivity contribution in [2.75, 3.05) is 11.9 Å². The molecule has 0 saturated carbocycles. The van der Waals surface area contributed by atoms with Gasteiger partial charge >= 0.3 is 0 Å². The number of carbonyl (C=O) groups is 1. The predicted molar refractivity (Wildman–Crippen MR) is 84.4 cm³/mol. The van der Waals surface area contributed by atoms with Crippen LogP contribution in [-0.2, 0) is 11.2 Å². The van der Waals surface area contributed by atoms with Crippen LogP contribution in [-0.4, -0.2) is 23.9 Å². The number of fused-ring (bicyclic) bond motifs is 1. The average Bonchev–Trinajstić information content (AvgIpc) is 2.86. The smallest absolute Gasteiger partial charge is 0.261 e. The molecule has 1 atom stereocenters. The van der Waals surface area contributed by atoms with Crippen molar-refractivity contribution in [3.8, 4) is 5.75 Å². The number of halogens is 1. The summed E-state index contributed by atoms with van der Waals surface area (Å²) in [7, 11) is 0. The van der Waals surface area contributed by atoms with E-state index in [0.29, 0.717) is 13.0 Å². The Morgan fingerprint density at radius 2 is 2.20 bits per heavy atom. The topological polar surface area (TPSA) is 38.3 Å². The highest BCUT2D eigenvalue weighted by atomic mass is 79.9. The number of para-hydroxylation sites is 1. The van der Waals surface area contributed by atoms with Crippen molar-refractivity contribution in [3.05, 3.63) is 29.8 Å². The maximum Gasteiger partial charge on any atom is 0.261 e. The molecule has 1 unspecified atom stereocenters. The fourth-order valence-corrected chi connectivity index (χ4v) is 2.68. The fourth-order valence-electron chi connectivity index (χ4n) is 2.40. The van der Waals surface area contributed by atoms with Crippen molar-refractivity contribution in [3.63, 3.8) is 0 Å². The Kier molecular flexibility index (Phi) is 5.08. The highest BCUT2D eigenvalue weighted by Gasteiger charge is 2.29. The quantitative estimate of drug-likeness (QED) is 0.807. The van der Waals surface area contributed by atoms with E-state index in [9.17, 15) is 4.79 Å². The third-order valence-electron chi connectivity index (χ3n) is 3.67. The molecule has 2 rings (SSSR count). The largest absolute Gasteiger partial charge is 0.480 e. The van der Waals surface area contributed by atoms with Crippen molar-refractivity contribution < 1.29 is 9.53 Å². The molecular formula is C16H22BrNO2. The van der Waals surface area contributed by atoms with E-state index in [1.54, 1.807) is 0 Å². The van der Waals surface area contributed by atoms with Crippen LogP contribution in [0.3, 0.4) is 0 Å². The first-order valence-corrected chi connectivity index (χ1v) is 8.22. The summed E-state index contributed by atoms with van der Waals surface area (Å²) in [5.41, 5.74) is 1.24. The normalized spacial score (nSPS) is 17.4. The summed E-state index contributed by atoms with van der Waals surface area (Å²) in [5, 5.41) is 4.03. The maximum absolute atomic E-state index is 12.2. The van der Waals surface area contributed by atoms with Crippen LogP contribution in [0.1, 0.15) is 32.3 Å². The minimum Gasteiger partial charge on any atom is -0.480 e. The van der Waals surface area contributed by atoms with Gasteiger partial charge in [0.05, 0.1) is 0 Å². The first-order valence-electron chi connectivity index (χ1n) is 7.10. The highest BCUT2D eigenvalue weighted by Crippen LogP contribution is 2.28. The van der Waals surface area contributed by atoms with Crippen molar-refractivity contribution in [1.29, 1.82) is 0 Å². The zero-order valence-corrected chi connectivity index (χ0v) is 13.7. The van der Waals surface area contributed by atoms with Gasteiger partial charge in [0, 0.05) is 18.3 Å². The summed E-state index contributed by atoms with van der Waals surface area (Å²) in [6.07, 6.45) is 2.50. The number of alkyl halides is 1. The second kappa shape index (κ2) is 6.61. The van der Waals surface area contributed by atoms with Crippen molar-refractivity contribution in [2.24, 2.45) is 5.41 Å². The van der Waals surface area contributed by atoms with Gasteiger partial charge in [0.15, 0.2) is 6.10 Å². The van der Waals surface area contributed by atoms with Gasteiger partial charge in [0.2, 0.25) is 0 Å². The van der Waals surface area contributed by atoms with E-state index in [0.717, 1.165) is 29.5 Å². The lowest BCUT2D eigenvalue weighted by Crippen LogP contribution is -2.42. The van der Waals surface area contributed by atoms with Crippen LogP contribution in [0.2, 0.25) is 0 Å². The van der Waals surface area contributed by atoms with Crippen LogP contribution in [0.5, 0.6) is 5.75 Å². The van der Waals surface area contributed by atoms with E-state index in [-0.39, 0.29) is 17.4 Å². The fraction of sp³-hybridized carbons (Fsp3) is 0.562. The van der Waals surface area contributed by atoms with Gasteiger partial charge in [0.25, 0.3) is 5.91 Å². The number of rotatable bonds is 6. The van der Waals surface area contributed by atoms with E-state index in [1.165, 1.54) is 0 Å². The number of nitrogens with one attached hydrogen (secondary N) is 1. The molecule has 0 saturated heterocycles. The Morgan fingerprint density at radius 3 is 2.90 bits per heavy atom. The summed E-state index contributed by atoms with van der Waals surface area (Å²) in [6.45, 7) is 5.05. The number of carbonyl (C=O) groups excluding carboxylic acids is 1. The van der Waals surface area contributed by atoms with E-state index in [1.807, 2.05) is 24.3 Å². The Labute approximate surface area is 129 Å². The first-order chi connectivity index (χ1) is 9.52. The molecule has 1 heterocycles. The van der Waals surface area contributed by atoms with Crippen LogP contribution < -0.4 is 10.1 Å². The Morgan fingerprint density at radius 1 is 1.45 bits per heavy atom. The number of benzene rings is 1. The van der Waals surface area contributed by atoms with Gasteiger partial charge in [-0.15, -0.1) is 0 Å². The molecule has 0 fully saturated rings. The third kappa shape index (κ3) is 3.98. The van der Waals surface area contributed by atoms with Crippen molar-refractivity contribution in [2.45, 2.75) is 39.2 Å². The van der Waals surface area contributed by atoms with Crippen LogP contribution in [0, 0.1) is 5.41 Å². The van der Waals surface area contributed by atoms with Gasteiger partial charge in [-0.05, 0) is 29.9 Å². The predicted octanol–water partition coefficient (Wildman–Crippen LogP) is 3.31. The van der Waals surface area contributed by atoms with Gasteiger partial charge in [-0.2, -0.15) is 0 Å². The number of hydrogen-bond acceptors (Lipinski definition) is 2. The van der Waals surface area contributed by atoms with Crippen LogP contribution in [0.4, 0.5) is 0 Å². The summed E-state index contributed by atoms with van der Waals surface area (Å²) < 4.78 is 5.70. The molecule has 0 radical (unpaired) electrons. The van der Waals surface area contributed by atoms with Crippen LogP contribution in [0.15, 0.2) is 24.3 Å². The SMILES string of the molecule is CC(C)(CCCBr)CNC(=O)C1Cc2ccccc2O1. The van der Waals surface area contributed by atoms with Crippen LogP contribution >= 0.6 is 15.9 Å². The Balaban J connectivity index is 1.82. The van der Waals surface area contributed by atoms with Gasteiger partial charge in [-0.1, -0.05) is 48.0 Å². The minimum atomic E-state index is -0.376. The van der Waals surface area contributed by atoms with E-state index in [4.69, 9.17) is 4.74 Å². The molecule has 0 spiro atoms. The molecule has 1 aromatic carbocycles. The monoisotopic (exact) mass is 339 g/mol. The number of hydrogen-bond donors (Lipinski definition) is 1. The molecule has 0 aliphatic carbocycles. The molecule has 0 aromatic heterocycles. The lowest BCUT2D eigenvalue weighted by atomic mass is 9.88.